The van der Waals surface area contributed by atoms with E-state index in [2.05, 4.69) is 63.8 Å². The molecule has 0 saturated carbocycles. The highest BCUT2D eigenvalue weighted by molar-refractivity contribution is 6.42. The highest BCUT2D eigenvalue weighted by Gasteiger charge is 2.21. The van der Waals surface area contributed by atoms with Crippen LogP contribution in [0.1, 0.15) is 5.56 Å². The lowest BCUT2D eigenvalue weighted by Crippen LogP contribution is -2.49. The molecular formula is C26H27Cl2N3O. The van der Waals surface area contributed by atoms with E-state index in [0.717, 1.165) is 31.9 Å². The van der Waals surface area contributed by atoms with E-state index in [1.165, 1.54) is 27.4 Å². The number of piperazine rings is 1. The van der Waals surface area contributed by atoms with Crippen molar-refractivity contribution >= 4 is 50.7 Å². The van der Waals surface area contributed by atoms with Gasteiger partial charge in [-0.2, -0.15) is 0 Å². The summed E-state index contributed by atoms with van der Waals surface area (Å²) in [6, 6.07) is 20.8. The Hall–Kier alpha value is -2.24. The lowest BCUT2D eigenvalue weighted by Gasteiger charge is -2.37. The van der Waals surface area contributed by atoms with Crippen LogP contribution < -0.4 is 4.90 Å². The lowest BCUT2D eigenvalue weighted by atomic mass is 10.1. The van der Waals surface area contributed by atoms with Crippen LogP contribution in [0.25, 0.3) is 21.8 Å². The van der Waals surface area contributed by atoms with Crippen LogP contribution >= 0.6 is 23.2 Å². The fraction of sp³-hybridized carbons (Fsp3) is 0.308. The topological polar surface area (TPSA) is 31.6 Å². The predicted molar refractivity (Wildman–Crippen MR) is 135 cm³/mol. The lowest BCUT2D eigenvalue weighted by molar-refractivity contribution is 0.0969. The van der Waals surface area contributed by atoms with Gasteiger partial charge in [-0.1, -0.05) is 53.5 Å². The van der Waals surface area contributed by atoms with Gasteiger partial charge in [0.1, 0.15) is 0 Å². The summed E-state index contributed by atoms with van der Waals surface area (Å²) < 4.78 is 2.27. The Kier molecular flexibility index (Phi) is 6.04. The van der Waals surface area contributed by atoms with E-state index in [0.29, 0.717) is 23.1 Å². The Morgan fingerprint density at radius 2 is 1.56 bits per heavy atom. The van der Waals surface area contributed by atoms with Crippen LogP contribution in [0, 0.1) is 6.92 Å². The van der Waals surface area contributed by atoms with Crippen molar-refractivity contribution in [2.75, 3.05) is 37.6 Å². The summed E-state index contributed by atoms with van der Waals surface area (Å²) in [5.41, 5.74) is 4.70. The van der Waals surface area contributed by atoms with Gasteiger partial charge < -0.3 is 14.6 Å². The van der Waals surface area contributed by atoms with Crippen molar-refractivity contribution in [1.29, 1.82) is 0 Å². The number of hydrogen-bond donors (Lipinski definition) is 1. The molecule has 0 amide bonds. The van der Waals surface area contributed by atoms with Crippen LogP contribution in [0.5, 0.6) is 0 Å². The number of aryl methyl sites for hydroxylation is 1. The van der Waals surface area contributed by atoms with Crippen molar-refractivity contribution in [2.45, 2.75) is 19.6 Å². The van der Waals surface area contributed by atoms with E-state index >= 15 is 0 Å². The summed E-state index contributed by atoms with van der Waals surface area (Å²) in [6.07, 6.45) is -0.439. The largest absolute Gasteiger partial charge is 0.390 e. The van der Waals surface area contributed by atoms with Crippen LogP contribution in [0.4, 0.5) is 5.69 Å². The number of β-amino-alcohol motifs (C(OH)–C–C–N with tert-alkyl or cyclic N) is 1. The van der Waals surface area contributed by atoms with Crippen molar-refractivity contribution in [3.05, 3.63) is 76.3 Å². The van der Waals surface area contributed by atoms with E-state index in [1.54, 1.807) is 0 Å². The molecule has 6 heteroatoms. The van der Waals surface area contributed by atoms with Gasteiger partial charge in [-0.25, -0.2) is 0 Å². The van der Waals surface area contributed by atoms with Gasteiger partial charge in [0, 0.05) is 60.2 Å². The molecule has 5 rings (SSSR count). The number of halogens is 2. The Morgan fingerprint density at radius 3 is 2.34 bits per heavy atom. The first-order valence-electron chi connectivity index (χ1n) is 11.1. The Bertz CT molecular complexity index is 1260. The van der Waals surface area contributed by atoms with Crippen LogP contribution in [0.3, 0.4) is 0 Å². The van der Waals surface area contributed by atoms with Crippen molar-refractivity contribution in [1.82, 2.24) is 9.47 Å². The molecule has 2 heterocycles. The summed E-state index contributed by atoms with van der Waals surface area (Å²) in [5.74, 6) is 0. The van der Waals surface area contributed by atoms with E-state index < -0.39 is 6.10 Å². The number of hydrogen-bond acceptors (Lipinski definition) is 3. The minimum Gasteiger partial charge on any atom is -0.390 e. The monoisotopic (exact) mass is 467 g/mol. The highest BCUT2D eigenvalue weighted by Crippen LogP contribution is 2.30. The van der Waals surface area contributed by atoms with Gasteiger partial charge in [-0.15, -0.1) is 0 Å². The third-order valence-corrected chi connectivity index (χ3v) is 7.17. The van der Waals surface area contributed by atoms with Crippen molar-refractivity contribution in [3.8, 4) is 0 Å². The second-order valence-electron chi connectivity index (χ2n) is 8.69. The first-order valence-corrected chi connectivity index (χ1v) is 11.8. The van der Waals surface area contributed by atoms with E-state index in [-0.39, 0.29) is 0 Å². The number of aromatic nitrogens is 1. The number of nitrogens with zero attached hydrogens (tertiary/aromatic N) is 3. The molecular weight excluding hydrogens is 441 g/mol. The van der Waals surface area contributed by atoms with Gasteiger partial charge in [-0.05, 0) is 42.8 Å². The molecule has 1 unspecified atom stereocenters. The Balaban J connectivity index is 1.27. The molecule has 1 saturated heterocycles. The molecule has 3 aromatic carbocycles. The maximum Gasteiger partial charge on any atom is 0.0845 e. The molecule has 1 aliphatic heterocycles. The average molecular weight is 468 g/mol. The molecule has 0 aliphatic carbocycles. The van der Waals surface area contributed by atoms with Crippen LogP contribution in [0.15, 0.2) is 60.7 Å². The summed E-state index contributed by atoms with van der Waals surface area (Å²) in [5, 5.41) is 14.7. The molecule has 4 nitrogen and oxygen atoms in total. The number of benzene rings is 3. The standard InChI is InChI=1S/C26H27Cl2N3O/c1-18-6-8-22-21-4-2-3-5-25(21)31(26(22)14-18)17-20(32)16-29-10-12-30(13-11-29)19-7-9-23(27)24(28)15-19/h2-9,14-15,20,32H,10-13,16-17H2,1H3. The third kappa shape index (κ3) is 4.20. The fourth-order valence-electron chi connectivity index (χ4n) is 4.79. The summed E-state index contributed by atoms with van der Waals surface area (Å²) in [7, 11) is 0. The van der Waals surface area contributed by atoms with E-state index in [4.69, 9.17) is 23.2 Å². The summed E-state index contributed by atoms with van der Waals surface area (Å²) >= 11 is 12.2. The molecule has 0 bridgehead atoms. The quantitative estimate of drug-likeness (QED) is 0.414. The third-order valence-electron chi connectivity index (χ3n) is 6.43. The normalized spacial score (nSPS) is 16.2. The minimum atomic E-state index is -0.439. The molecule has 4 aromatic rings. The smallest absolute Gasteiger partial charge is 0.0845 e. The van der Waals surface area contributed by atoms with Crippen molar-refractivity contribution < 1.29 is 5.11 Å². The van der Waals surface area contributed by atoms with Gasteiger partial charge in [0.15, 0.2) is 0 Å². The van der Waals surface area contributed by atoms with E-state index in [1.807, 2.05) is 18.2 Å². The molecule has 1 fully saturated rings. The number of anilines is 1. The van der Waals surface area contributed by atoms with Gasteiger partial charge in [0.05, 0.1) is 22.7 Å². The number of para-hydroxylation sites is 1. The number of aliphatic hydroxyl groups excluding tert-OH is 1. The molecule has 0 spiro atoms. The van der Waals surface area contributed by atoms with Crippen molar-refractivity contribution in [2.24, 2.45) is 0 Å². The average Bonchev–Trinajstić information content (AvgIpc) is 3.09. The van der Waals surface area contributed by atoms with Gasteiger partial charge >= 0.3 is 0 Å². The minimum absolute atomic E-state index is 0.439. The van der Waals surface area contributed by atoms with E-state index in [9.17, 15) is 5.11 Å². The van der Waals surface area contributed by atoms with Gasteiger partial charge in [0.2, 0.25) is 0 Å². The number of aliphatic hydroxyl groups is 1. The summed E-state index contributed by atoms with van der Waals surface area (Å²) in [4.78, 5) is 4.67. The van der Waals surface area contributed by atoms with Crippen LogP contribution in [0.2, 0.25) is 10.0 Å². The first kappa shape index (κ1) is 21.6. The molecule has 1 aromatic heterocycles. The maximum absolute atomic E-state index is 11.0. The SMILES string of the molecule is Cc1ccc2c3ccccc3n(CC(O)CN3CCN(c4ccc(Cl)c(Cl)c4)CC3)c2c1. The number of rotatable bonds is 5. The molecule has 32 heavy (non-hydrogen) atoms. The second kappa shape index (κ2) is 8.95. The predicted octanol–water partition coefficient (Wildman–Crippen LogP) is 5.59. The van der Waals surface area contributed by atoms with Crippen molar-refractivity contribution in [3.63, 3.8) is 0 Å². The molecule has 1 atom stereocenters. The second-order valence-corrected chi connectivity index (χ2v) is 9.50. The fourth-order valence-corrected chi connectivity index (χ4v) is 5.09. The Labute approximate surface area is 198 Å². The molecule has 1 N–H and O–H groups in total. The Morgan fingerprint density at radius 1 is 0.812 bits per heavy atom. The molecule has 1 aliphatic rings. The highest BCUT2D eigenvalue weighted by atomic mass is 35.5. The van der Waals surface area contributed by atoms with Crippen LogP contribution in [-0.4, -0.2) is 53.4 Å². The van der Waals surface area contributed by atoms with Crippen LogP contribution in [-0.2, 0) is 6.54 Å². The maximum atomic E-state index is 11.0. The first-order chi connectivity index (χ1) is 15.5. The molecule has 166 valence electrons. The molecule has 0 radical (unpaired) electrons. The van der Waals surface area contributed by atoms with Gasteiger partial charge in [-0.3, -0.25) is 4.90 Å². The van der Waals surface area contributed by atoms with Gasteiger partial charge in [0.25, 0.3) is 0 Å². The zero-order valence-electron chi connectivity index (χ0n) is 18.1. The zero-order valence-corrected chi connectivity index (χ0v) is 19.7. The summed E-state index contributed by atoms with van der Waals surface area (Å²) in [6.45, 7) is 6.98. The zero-order chi connectivity index (χ0) is 22.2. The number of fused-ring (bicyclic) bond motifs is 3.